The number of amidine groups is 1. The molecule has 140 valence electrons. The molecule has 1 unspecified atom stereocenters. The third-order valence-electron chi connectivity index (χ3n) is 5.33. The number of nitrogens with one attached hydrogen (secondary N) is 1. The smallest absolute Gasteiger partial charge is 0.356 e. The monoisotopic (exact) mass is 375 g/mol. The van der Waals surface area contributed by atoms with Gasteiger partial charge in [-0.25, -0.2) is 9.78 Å². The fraction of sp³-hybridized carbons (Fsp3) is 0.579. The van der Waals surface area contributed by atoms with Gasteiger partial charge in [0.05, 0.1) is 7.11 Å². The second-order valence-electron chi connectivity index (χ2n) is 7.11. The van der Waals surface area contributed by atoms with Crippen molar-refractivity contribution in [3.63, 3.8) is 0 Å². The van der Waals surface area contributed by atoms with Crippen molar-refractivity contribution in [2.45, 2.75) is 56.7 Å². The number of carbonyl (C=O) groups excluding carboxylic acids is 2. The number of carbonyl (C=O) groups is 2. The highest BCUT2D eigenvalue weighted by Crippen LogP contribution is 2.42. The van der Waals surface area contributed by atoms with Crippen LogP contribution >= 0.6 is 11.8 Å². The molecule has 1 aromatic heterocycles. The Hall–Kier alpha value is -1.89. The van der Waals surface area contributed by atoms with Gasteiger partial charge < -0.3 is 10.1 Å². The van der Waals surface area contributed by atoms with Crippen molar-refractivity contribution < 1.29 is 14.3 Å². The van der Waals surface area contributed by atoms with Crippen LogP contribution in [0.3, 0.4) is 0 Å². The van der Waals surface area contributed by atoms with E-state index in [0.717, 1.165) is 0 Å². The second kappa shape index (κ2) is 7.78. The number of aliphatic imine (C=N–C) groups is 1. The molecule has 1 aliphatic carbocycles. The summed E-state index contributed by atoms with van der Waals surface area (Å²) >= 11 is 1.40. The van der Waals surface area contributed by atoms with Crippen LogP contribution in [0.1, 0.15) is 62.0 Å². The van der Waals surface area contributed by atoms with Crippen LogP contribution in [0, 0.1) is 5.92 Å². The largest absolute Gasteiger partial charge is 0.464 e. The van der Waals surface area contributed by atoms with E-state index in [4.69, 9.17) is 4.74 Å². The van der Waals surface area contributed by atoms with Gasteiger partial charge in [0.25, 0.3) is 5.91 Å². The molecule has 1 amide bonds. The van der Waals surface area contributed by atoms with Crippen LogP contribution in [-0.4, -0.2) is 35.2 Å². The summed E-state index contributed by atoms with van der Waals surface area (Å²) in [6, 6.07) is 3.65. The lowest BCUT2D eigenvalue weighted by atomic mass is 9.85. The zero-order chi connectivity index (χ0) is 18.7. The van der Waals surface area contributed by atoms with Crippen molar-refractivity contribution in [1.29, 1.82) is 0 Å². The summed E-state index contributed by atoms with van der Waals surface area (Å²) in [6.07, 6.45) is 7.85. The van der Waals surface area contributed by atoms with Crippen molar-refractivity contribution in [1.82, 2.24) is 10.3 Å². The molecule has 2 atom stereocenters. The first-order valence-electron chi connectivity index (χ1n) is 9.07. The molecule has 0 aromatic carbocycles. The highest BCUT2D eigenvalue weighted by molar-refractivity contribution is 8.15. The Kier molecular flexibility index (Phi) is 5.65. The number of esters is 1. The van der Waals surface area contributed by atoms with Gasteiger partial charge in [0.15, 0.2) is 5.17 Å². The fourth-order valence-corrected chi connectivity index (χ4v) is 4.73. The minimum absolute atomic E-state index is 0.191. The summed E-state index contributed by atoms with van der Waals surface area (Å²) in [5.74, 6) is -0.111. The molecule has 2 aliphatic rings. The average molecular weight is 375 g/mol. The van der Waals surface area contributed by atoms with Gasteiger partial charge in [0.1, 0.15) is 10.4 Å². The van der Waals surface area contributed by atoms with E-state index in [0.29, 0.717) is 22.7 Å². The molecule has 0 spiro atoms. The predicted octanol–water partition coefficient (Wildman–Crippen LogP) is 3.27. The number of aromatic nitrogens is 1. The molecule has 2 heterocycles. The van der Waals surface area contributed by atoms with Crippen molar-refractivity contribution in [3.8, 4) is 0 Å². The number of hydrogen-bond acceptors (Lipinski definition) is 6. The Morgan fingerprint density at radius 3 is 2.81 bits per heavy atom. The van der Waals surface area contributed by atoms with E-state index in [1.807, 2.05) is 6.92 Å². The maximum atomic E-state index is 12.6. The van der Waals surface area contributed by atoms with E-state index in [1.54, 1.807) is 12.1 Å². The number of nitrogens with zero attached hydrogens (tertiary/aromatic N) is 2. The van der Waals surface area contributed by atoms with Crippen molar-refractivity contribution in [3.05, 3.63) is 29.6 Å². The molecule has 7 heteroatoms. The van der Waals surface area contributed by atoms with E-state index < -0.39 is 10.7 Å². The molecular weight excluding hydrogens is 350 g/mol. The van der Waals surface area contributed by atoms with Gasteiger partial charge in [0.2, 0.25) is 0 Å². The topological polar surface area (TPSA) is 80.6 Å². The van der Waals surface area contributed by atoms with Gasteiger partial charge >= 0.3 is 5.97 Å². The third kappa shape index (κ3) is 3.77. The Bertz CT molecular complexity index is 730. The molecule has 1 N–H and O–H groups in total. The van der Waals surface area contributed by atoms with Gasteiger partial charge in [0, 0.05) is 12.2 Å². The lowest BCUT2D eigenvalue weighted by Gasteiger charge is -2.29. The van der Waals surface area contributed by atoms with Crippen molar-refractivity contribution in [2.75, 3.05) is 7.11 Å². The molecule has 0 radical (unpaired) electrons. The normalized spacial score (nSPS) is 24.9. The summed E-state index contributed by atoms with van der Waals surface area (Å²) in [5.41, 5.74) is 0.894. The molecule has 26 heavy (non-hydrogen) atoms. The Labute approximate surface area is 158 Å². The van der Waals surface area contributed by atoms with Gasteiger partial charge in [-0.15, -0.1) is 0 Å². The van der Waals surface area contributed by atoms with E-state index in [-0.39, 0.29) is 11.6 Å². The first kappa shape index (κ1) is 18.9. The lowest BCUT2D eigenvalue weighted by Crippen LogP contribution is -2.37. The molecular formula is C19H25N3O3S. The summed E-state index contributed by atoms with van der Waals surface area (Å²) < 4.78 is 3.86. The zero-order valence-corrected chi connectivity index (χ0v) is 16.3. The molecule has 1 fully saturated rings. The first-order valence-corrected chi connectivity index (χ1v) is 9.89. The Morgan fingerprint density at radius 2 is 2.12 bits per heavy atom. The minimum atomic E-state index is -0.861. The molecule has 1 saturated carbocycles. The summed E-state index contributed by atoms with van der Waals surface area (Å²) in [7, 11) is 1.31. The van der Waals surface area contributed by atoms with Crippen LogP contribution in [0.2, 0.25) is 0 Å². The summed E-state index contributed by atoms with van der Waals surface area (Å²) in [4.78, 5) is 32.6. The van der Waals surface area contributed by atoms with Crippen LogP contribution < -0.4 is 5.32 Å². The molecule has 0 saturated heterocycles. The number of ether oxygens (including phenoxy) is 1. The SMILES string of the molecule is COC(=O)c1cc(C2(C)SC(N[C@@H](C)C3CCCCC3)=NC2=O)ccn1. The van der Waals surface area contributed by atoms with Crippen LogP contribution in [0.25, 0.3) is 0 Å². The molecule has 0 bridgehead atoms. The van der Waals surface area contributed by atoms with Crippen molar-refractivity contribution >= 4 is 28.8 Å². The molecule has 6 nitrogen and oxygen atoms in total. The minimum Gasteiger partial charge on any atom is -0.464 e. The molecule has 1 aromatic rings. The lowest BCUT2D eigenvalue weighted by molar-refractivity contribution is -0.119. The maximum Gasteiger partial charge on any atom is 0.356 e. The highest BCUT2D eigenvalue weighted by atomic mass is 32.2. The van der Waals surface area contributed by atoms with Crippen molar-refractivity contribution in [2.24, 2.45) is 10.9 Å². The van der Waals surface area contributed by atoms with Crippen LogP contribution in [0.4, 0.5) is 0 Å². The molecule has 1 aliphatic heterocycles. The van der Waals surface area contributed by atoms with Crippen LogP contribution in [0.15, 0.2) is 23.3 Å². The number of amides is 1. The standard InChI is InChI=1S/C19H25N3O3S/c1-12(13-7-5-4-6-8-13)21-18-22-17(24)19(2,26-18)14-9-10-20-15(11-14)16(23)25-3/h9-13H,4-8H2,1-3H3,(H,21,22,24)/t12-,19?/m0/s1. The van der Waals surface area contributed by atoms with E-state index >= 15 is 0 Å². The van der Waals surface area contributed by atoms with Gasteiger partial charge in [-0.05, 0) is 50.3 Å². The number of methoxy groups -OCH3 is 1. The van der Waals surface area contributed by atoms with E-state index in [2.05, 4.69) is 22.2 Å². The number of pyridine rings is 1. The van der Waals surface area contributed by atoms with Crippen LogP contribution in [0.5, 0.6) is 0 Å². The predicted molar refractivity (Wildman–Crippen MR) is 102 cm³/mol. The molecule has 3 rings (SSSR count). The van der Waals surface area contributed by atoms with E-state index in [9.17, 15) is 9.59 Å². The third-order valence-corrected chi connectivity index (χ3v) is 6.55. The Morgan fingerprint density at radius 1 is 1.38 bits per heavy atom. The quantitative estimate of drug-likeness (QED) is 0.814. The number of thioether (sulfide) groups is 1. The average Bonchev–Trinajstić information content (AvgIpc) is 2.96. The first-order chi connectivity index (χ1) is 12.4. The van der Waals surface area contributed by atoms with Gasteiger partial charge in [-0.2, -0.15) is 4.99 Å². The maximum absolute atomic E-state index is 12.6. The van der Waals surface area contributed by atoms with Gasteiger partial charge in [-0.3, -0.25) is 4.79 Å². The van der Waals surface area contributed by atoms with Gasteiger partial charge in [-0.1, -0.05) is 31.0 Å². The number of rotatable bonds is 4. The van der Waals surface area contributed by atoms with E-state index in [1.165, 1.54) is 57.2 Å². The van der Waals surface area contributed by atoms with Crippen LogP contribution in [-0.2, 0) is 14.3 Å². The Balaban J connectivity index is 1.72. The highest BCUT2D eigenvalue weighted by Gasteiger charge is 2.43. The fourth-order valence-electron chi connectivity index (χ4n) is 3.59. The summed E-state index contributed by atoms with van der Waals surface area (Å²) in [6.45, 7) is 4.00. The zero-order valence-electron chi connectivity index (χ0n) is 15.4. The second-order valence-corrected chi connectivity index (χ2v) is 8.52. The summed E-state index contributed by atoms with van der Waals surface area (Å²) in [5, 5.41) is 4.10. The number of hydrogen-bond donors (Lipinski definition) is 1.